The summed E-state index contributed by atoms with van der Waals surface area (Å²) in [5.74, 6) is 0.380. The lowest BCUT2D eigenvalue weighted by Gasteiger charge is -2.00. The van der Waals surface area contributed by atoms with Crippen LogP contribution in [0, 0.1) is 0 Å². The summed E-state index contributed by atoms with van der Waals surface area (Å²) < 4.78 is 1.53. The van der Waals surface area contributed by atoms with Crippen molar-refractivity contribution < 1.29 is 5.11 Å². The number of imidazole rings is 1. The molecule has 0 radical (unpaired) electrons. The fraction of sp³-hybridized carbons (Fsp3) is 0. The van der Waals surface area contributed by atoms with Gasteiger partial charge in [-0.3, -0.25) is 0 Å². The largest absolute Gasteiger partial charge is 0.507 e. The third kappa shape index (κ3) is 5.14. The first-order chi connectivity index (χ1) is 15.0. The predicted molar refractivity (Wildman–Crippen MR) is 127 cm³/mol. The fourth-order valence-corrected chi connectivity index (χ4v) is 3.41. The minimum atomic E-state index is 0.0611. The molecule has 0 spiro atoms. The minimum Gasteiger partial charge on any atom is -0.507 e. The molecule has 1 heterocycles. The molecule has 0 aliphatic heterocycles. The number of aliphatic imine (C=N–C) groups is 1. The van der Waals surface area contributed by atoms with Gasteiger partial charge >= 0.3 is 0 Å². The van der Waals surface area contributed by atoms with Crippen LogP contribution in [-0.4, -0.2) is 27.2 Å². The third-order valence-electron chi connectivity index (χ3n) is 4.33. The van der Waals surface area contributed by atoms with E-state index >= 15 is 0 Å². The second-order valence-electron chi connectivity index (χ2n) is 6.51. The van der Waals surface area contributed by atoms with Gasteiger partial charge in [0.05, 0.1) is 23.1 Å². The summed E-state index contributed by atoms with van der Waals surface area (Å²) in [6, 6.07) is 19.6. The smallest absolute Gasteiger partial charge is 0.251 e. The minimum absolute atomic E-state index is 0.0611. The van der Waals surface area contributed by atoms with Crippen molar-refractivity contribution in [2.45, 2.75) is 0 Å². The first-order valence-electron chi connectivity index (χ1n) is 9.16. The Labute approximate surface area is 193 Å². The topological polar surface area (TPSA) is 62.8 Å². The molecule has 0 fully saturated rings. The lowest BCUT2D eigenvalue weighted by molar-refractivity contribution is 0.474. The molecule has 0 saturated carbocycles. The van der Waals surface area contributed by atoms with Gasteiger partial charge in [-0.1, -0.05) is 71.2 Å². The maximum Gasteiger partial charge on any atom is 0.251 e. The number of phenolic OH excluding ortho intramolecular Hbond substituents is 1. The number of rotatable bonds is 5. The van der Waals surface area contributed by atoms with E-state index in [4.69, 9.17) is 34.8 Å². The highest BCUT2D eigenvalue weighted by Gasteiger charge is 2.09. The average Bonchev–Trinajstić information content (AvgIpc) is 3.17. The summed E-state index contributed by atoms with van der Waals surface area (Å²) in [6.45, 7) is 0. The summed E-state index contributed by atoms with van der Waals surface area (Å²) >= 11 is 18.2. The number of aromatic hydroxyl groups is 1. The van der Waals surface area contributed by atoms with Crippen molar-refractivity contribution in [3.05, 3.63) is 99.1 Å². The average molecular weight is 470 g/mol. The number of hydrogen-bond donors (Lipinski definition) is 1. The fourth-order valence-electron chi connectivity index (χ4n) is 2.77. The van der Waals surface area contributed by atoms with Crippen LogP contribution in [0.25, 0.3) is 11.3 Å². The third-order valence-corrected chi connectivity index (χ3v) is 5.13. The van der Waals surface area contributed by atoms with E-state index in [0.717, 1.165) is 5.56 Å². The summed E-state index contributed by atoms with van der Waals surface area (Å²) in [5.41, 5.74) is 2.78. The van der Waals surface area contributed by atoms with Crippen LogP contribution >= 0.6 is 34.8 Å². The Hall–Kier alpha value is -3.12. The van der Waals surface area contributed by atoms with Crippen molar-refractivity contribution in [3.8, 4) is 17.0 Å². The Morgan fingerprint density at radius 2 is 1.58 bits per heavy atom. The van der Waals surface area contributed by atoms with Gasteiger partial charge in [-0.25, -0.2) is 14.7 Å². The van der Waals surface area contributed by atoms with Gasteiger partial charge in [0, 0.05) is 33.0 Å². The van der Waals surface area contributed by atoms with E-state index in [1.807, 2.05) is 30.3 Å². The van der Waals surface area contributed by atoms with Crippen LogP contribution in [0.15, 0.2) is 83.0 Å². The van der Waals surface area contributed by atoms with E-state index in [9.17, 15) is 5.11 Å². The molecule has 0 atom stereocenters. The van der Waals surface area contributed by atoms with Gasteiger partial charge in [-0.05, 0) is 30.3 Å². The summed E-state index contributed by atoms with van der Waals surface area (Å²) in [5, 5.41) is 16.0. The lowest BCUT2D eigenvalue weighted by atomic mass is 10.2. The van der Waals surface area contributed by atoms with Gasteiger partial charge in [-0.15, -0.1) is 0 Å². The monoisotopic (exact) mass is 468 g/mol. The van der Waals surface area contributed by atoms with Gasteiger partial charge in [-0.2, -0.15) is 5.10 Å². The molecule has 0 saturated heterocycles. The van der Waals surface area contributed by atoms with E-state index in [1.54, 1.807) is 42.7 Å². The molecule has 0 bridgehead atoms. The molecule has 0 aliphatic rings. The van der Waals surface area contributed by atoms with Crippen LogP contribution in [-0.2, 0) is 0 Å². The van der Waals surface area contributed by atoms with Gasteiger partial charge in [0.25, 0.3) is 5.95 Å². The second-order valence-corrected chi connectivity index (χ2v) is 7.79. The predicted octanol–water partition coefficient (Wildman–Crippen LogP) is 6.85. The lowest BCUT2D eigenvalue weighted by Crippen LogP contribution is -1.91. The first-order valence-corrected chi connectivity index (χ1v) is 10.3. The summed E-state index contributed by atoms with van der Waals surface area (Å²) in [6.07, 6.45) is 4.85. The molecule has 4 rings (SSSR count). The Morgan fingerprint density at radius 3 is 2.35 bits per heavy atom. The Morgan fingerprint density at radius 1 is 0.839 bits per heavy atom. The van der Waals surface area contributed by atoms with Crippen LogP contribution in [0.2, 0.25) is 15.1 Å². The number of aromatic nitrogens is 2. The molecular formula is C23H15Cl3N4O. The van der Waals surface area contributed by atoms with E-state index in [0.29, 0.717) is 37.8 Å². The van der Waals surface area contributed by atoms with E-state index in [1.165, 1.54) is 17.0 Å². The molecule has 3 aromatic carbocycles. The number of nitrogens with zero attached hydrogens (tertiary/aromatic N) is 4. The van der Waals surface area contributed by atoms with Crippen LogP contribution in [0.5, 0.6) is 5.75 Å². The standard InChI is InChI=1S/C23H15Cl3N4O/c24-18-8-9-22(31)17(10-18)12-27-23-29-21(15-4-2-1-3-5-15)14-30(23)28-13-16-6-7-19(25)11-20(16)26/h1-14,31H/b27-12+,28-13+. The van der Waals surface area contributed by atoms with Gasteiger partial charge in [0.2, 0.25) is 0 Å². The summed E-state index contributed by atoms with van der Waals surface area (Å²) in [7, 11) is 0. The number of halogens is 3. The van der Waals surface area contributed by atoms with Crippen molar-refractivity contribution in [2.75, 3.05) is 0 Å². The molecule has 4 aromatic rings. The van der Waals surface area contributed by atoms with Crippen LogP contribution in [0.1, 0.15) is 11.1 Å². The molecule has 31 heavy (non-hydrogen) atoms. The van der Waals surface area contributed by atoms with Crippen LogP contribution in [0.4, 0.5) is 5.95 Å². The van der Waals surface area contributed by atoms with Crippen molar-refractivity contribution >= 4 is 53.2 Å². The molecular weight excluding hydrogens is 455 g/mol. The van der Waals surface area contributed by atoms with Crippen molar-refractivity contribution in [1.82, 2.24) is 9.66 Å². The zero-order chi connectivity index (χ0) is 21.8. The number of hydrogen-bond acceptors (Lipinski definition) is 4. The van der Waals surface area contributed by atoms with Crippen molar-refractivity contribution in [3.63, 3.8) is 0 Å². The highest BCUT2D eigenvalue weighted by molar-refractivity contribution is 6.36. The molecule has 8 heteroatoms. The highest BCUT2D eigenvalue weighted by atomic mass is 35.5. The maximum absolute atomic E-state index is 10.0. The first kappa shape index (κ1) is 21.1. The molecule has 1 aromatic heterocycles. The van der Waals surface area contributed by atoms with E-state index < -0.39 is 0 Å². The highest BCUT2D eigenvalue weighted by Crippen LogP contribution is 2.25. The second kappa shape index (κ2) is 9.35. The van der Waals surface area contributed by atoms with Gasteiger partial charge in [0.15, 0.2) is 0 Å². The molecule has 0 aliphatic carbocycles. The SMILES string of the molecule is Oc1ccc(Cl)cc1/C=N/c1nc(-c2ccccc2)cn1/N=C/c1ccc(Cl)cc1Cl. The number of phenols is 1. The van der Waals surface area contributed by atoms with E-state index in [-0.39, 0.29) is 5.75 Å². The summed E-state index contributed by atoms with van der Waals surface area (Å²) in [4.78, 5) is 8.99. The Bertz CT molecular complexity index is 1280. The molecule has 154 valence electrons. The zero-order valence-electron chi connectivity index (χ0n) is 16.0. The Balaban J connectivity index is 1.73. The maximum atomic E-state index is 10.0. The normalized spacial score (nSPS) is 11.6. The number of benzene rings is 3. The zero-order valence-corrected chi connectivity index (χ0v) is 18.2. The van der Waals surface area contributed by atoms with E-state index in [2.05, 4.69) is 15.1 Å². The van der Waals surface area contributed by atoms with Crippen molar-refractivity contribution in [1.29, 1.82) is 0 Å². The van der Waals surface area contributed by atoms with Crippen molar-refractivity contribution in [2.24, 2.45) is 10.1 Å². The Kier molecular flexibility index (Phi) is 6.37. The quantitative estimate of drug-likeness (QED) is 0.325. The van der Waals surface area contributed by atoms with Crippen LogP contribution < -0.4 is 0 Å². The molecule has 1 N–H and O–H groups in total. The molecule has 0 unspecified atom stereocenters. The van der Waals surface area contributed by atoms with Gasteiger partial charge < -0.3 is 5.11 Å². The van der Waals surface area contributed by atoms with Gasteiger partial charge in [0.1, 0.15) is 5.75 Å². The van der Waals surface area contributed by atoms with Crippen LogP contribution in [0.3, 0.4) is 0 Å². The molecule has 5 nitrogen and oxygen atoms in total. The molecule has 0 amide bonds.